The van der Waals surface area contributed by atoms with Gasteiger partial charge < -0.3 is 9.25 Å². The number of aromatic nitrogens is 2. The zero-order valence-electron chi connectivity index (χ0n) is 13.1. The second-order valence-corrected chi connectivity index (χ2v) is 5.16. The van der Waals surface area contributed by atoms with E-state index in [1.165, 1.54) is 23.7 Å². The number of rotatable bonds is 2. The molecule has 0 radical (unpaired) electrons. The molecular formula is C16H10F3N3O4. The van der Waals surface area contributed by atoms with Gasteiger partial charge in [-0.25, -0.2) is 9.78 Å². The molecule has 26 heavy (non-hydrogen) atoms. The van der Waals surface area contributed by atoms with Crippen molar-refractivity contribution in [3.63, 3.8) is 0 Å². The maximum Gasteiger partial charge on any atom is 0.493 e. The largest absolute Gasteiger partial charge is 0.493 e. The molecule has 0 atom stereocenters. The molecule has 0 aliphatic carbocycles. The Morgan fingerprint density at radius 3 is 2.69 bits per heavy atom. The van der Waals surface area contributed by atoms with E-state index in [1.807, 2.05) is 0 Å². The maximum atomic E-state index is 12.1. The number of nitrogens with zero attached hydrogens (tertiary/aromatic N) is 2. The fraction of sp³-hybridized carbons (Fsp3) is 0.125. The van der Waals surface area contributed by atoms with Crippen molar-refractivity contribution in [2.75, 3.05) is 0 Å². The van der Waals surface area contributed by atoms with E-state index in [1.54, 1.807) is 25.3 Å². The number of oxazole rings is 1. The van der Waals surface area contributed by atoms with Crippen LogP contribution in [-0.4, -0.2) is 28.0 Å². The van der Waals surface area contributed by atoms with E-state index in [0.717, 1.165) is 0 Å². The average molecular weight is 365 g/mol. The van der Waals surface area contributed by atoms with Crippen LogP contribution in [0.25, 0.3) is 22.6 Å². The van der Waals surface area contributed by atoms with E-state index in [9.17, 15) is 22.8 Å². The quantitative estimate of drug-likeness (QED) is 0.702. The number of nitrogens with one attached hydrogen (secondary N) is 1. The number of carbonyl (C=O) groups is 2. The van der Waals surface area contributed by atoms with Crippen molar-refractivity contribution in [3.05, 3.63) is 47.8 Å². The smallest absolute Gasteiger partial charge is 0.436 e. The number of hydrogen-bond acceptors (Lipinski definition) is 6. The van der Waals surface area contributed by atoms with E-state index < -0.39 is 18.1 Å². The minimum Gasteiger partial charge on any atom is -0.436 e. The average Bonchev–Trinajstić information content (AvgIpc) is 3.01. The Kier molecular flexibility index (Phi) is 4.33. The number of amides is 1. The number of aryl methyl sites for hydroxylation is 1. The van der Waals surface area contributed by atoms with Crippen LogP contribution in [0.3, 0.4) is 0 Å². The van der Waals surface area contributed by atoms with Gasteiger partial charge in [0, 0.05) is 17.5 Å². The molecular weight excluding hydrogens is 355 g/mol. The molecule has 7 nitrogen and oxygen atoms in total. The topological polar surface area (TPSA) is 94.3 Å². The summed E-state index contributed by atoms with van der Waals surface area (Å²) < 4.78 is 41.8. The van der Waals surface area contributed by atoms with E-state index in [2.05, 4.69) is 14.8 Å². The molecule has 3 rings (SSSR count). The van der Waals surface area contributed by atoms with Crippen LogP contribution in [0.15, 0.2) is 40.9 Å². The van der Waals surface area contributed by atoms with Crippen LogP contribution in [0.2, 0.25) is 0 Å². The van der Waals surface area contributed by atoms with Crippen LogP contribution < -0.4 is 5.48 Å². The third-order valence-corrected chi connectivity index (χ3v) is 3.35. The highest BCUT2D eigenvalue weighted by molar-refractivity contribution is 5.97. The Balaban J connectivity index is 1.82. The molecule has 0 fully saturated rings. The first kappa shape index (κ1) is 17.4. The molecule has 2 aromatic heterocycles. The van der Waals surface area contributed by atoms with Crippen molar-refractivity contribution in [1.29, 1.82) is 0 Å². The molecule has 0 aliphatic heterocycles. The number of hydrogen-bond donors (Lipinski definition) is 1. The van der Waals surface area contributed by atoms with E-state index >= 15 is 0 Å². The molecule has 3 aromatic rings. The summed E-state index contributed by atoms with van der Waals surface area (Å²) in [6.07, 6.45) is -3.59. The Morgan fingerprint density at radius 2 is 2.00 bits per heavy atom. The highest BCUT2D eigenvalue weighted by Gasteiger charge is 2.42. The van der Waals surface area contributed by atoms with Crippen molar-refractivity contribution < 1.29 is 32.0 Å². The molecule has 1 amide bonds. The Labute approximate surface area is 143 Å². The van der Waals surface area contributed by atoms with Gasteiger partial charge in [0.15, 0.2) is 5.58 Å². The standard InChI is InChI=1S/C16H10F3N3O4/c1-8-10(3-2-6-20-8)14-21-11-7-9(4-5-12(11)25-14)13(23)22-26-15(24)16(17,18)19/h2-7H,1H3,(H,22,23). The predicted octanol–water partition coefficient (Wildman–Crippen LogP) is 2.95. The third-order valence-electron chi connectivity index (χ3n) is 3.35. The fourth-order valence-electron chi connectivity index (χ4n) is 2.10. The van der Waals surface area contributed by atoms with E-state index in [0.29, 0.717) is 22.4 Å². The van der Waals surface area contributed by atoms with Gasteiger partial charge in [-0.1, -0.05) is 0 Å². The Hall–Kier alpha value is -3.43. The van der Waals surface area contributed by atoms with Gasteiger partial charge in [-0.15, -0.1) is 0 Å². The van der Waals surface area contributed by atoms with Crippen LogP contribution in [0.1, 0.15) is 16.1 Å². The van der Waals surface area contributed by atoms with Crippen LogP contribution in [0.4, 0.5) is 13.2 Å². The summed E-state index contributed by atoms with van der Waals surface area (Å²) in [4.78, 5) is 34.5. The monoisotopic (exact) mass is 365 g/mol. The fourth-order valence-corrected chi connectivity index (χ4v) is 2.10. The van der Waals surface area contributed by atoms with Gasteiger partial charge in [0.05, 0.1) is 5.56 Å². The summed E-state index contributed by atoms with van der Waals surface area (Å²) in [5, 5.41) is 0. The first-order valence-corrected chi connectivity index (χ1v) is 7.16. The Morgan fingerprint density at radius 1 is 1.23 bits per heavy atom. The molecule has 0 aliphatic rings. The first-order chi connectivity index (χ1) is 12.3. The summed E-state index contributed by atoms with van der Waals surface area (Å²) in [6, 6.07) is 7.50. The zero-order chi connectivity index (χ0) is 18.9. The number of pyridine rings is 1. The molecule has 0 unspecified atom stereocenters. The number of hydroxylamine groups is 1. The van der Waals surface area contributed by atoms with Crippen LogP contribution in [-0.2, 0) is 9.63 Å². The minimum atomic E-state index is -5.21. The summed E-state index contributed by atoms with van der Waals surface area (Å²) in [5.74, 6) is -3.28. The molecule has 134 valence electrons. The normalized spacial score (nSPS) is 11.4. The van der Waals surface area contributed by atoms with Crippen LogP contribution in [0, 0.1) is 6.92 Å². The predicted molar refractivity (Wildman–Crippen MR) is 81.6 cm³/mol. The second kappa shape index (κ2) is 6.47. The summed E-state index contributed by atoms with van der Waals surface area (Å²) in [7, 11) is 0. The van der Waals surface area contributed by atoms with Crippen molar-refractivity contribution in [1.82, 2.24) is 15.4 Å². The molecule has 1 N–H and O–H groups in total. The first-order valence-electron chi connectivity index (χ1n) is 7.16. The number of alkyl halides is 3. The van der Waals surface area contributed by atoms with Crippen molar-refractivity contribution >= 4 is 23.0 Å². The Bertz CT molecular complexity index is 998. The number of carbonyl (C=O) groups excluding carboxylic acids is 2. The van der Waals surface area contributed by atoms with E-state index in [4.69, 9.17) is 4.42 Å². The second-order valence-electron chi connectivity index (χ2n) is 5.16. The number of halogens is 3. The maximum absolute atomic E-state index is 12.1. The molecule has 0 saturated carbocycles. The van der Waals surface area contributed by atoms with Gasteiger partial charge in [0.1, 0.15) is 5.52 Å². The van der Waals surface area contributed by atoms with E-state index in [-0.39, 0.29) is 11.5 Å². The summed E-state index contributed by atoms with van der Waals surface area (Å²) in [5.41, 5.74) is 3.40. The van der Waals surface area contributed by atoms with Crippen LogP contribution in [0.5, 0.6) is 0 Å². The van der Waals surface area contributed by atoms with Gasteiger partial charge in [0.2, 0.25) is 5.89 Å². The SMILES string of the molecule is Cc1ncccc1-c1nc2cc(C(=O)NOC(=O)C(F)(F)F)ccc2o1. The molecule has 1 aromatic carbocycles. The van der Waals surface area contributed by atoms with Crippen LogP contribution >= 0.6 is 0 Å². The lowest BCUT2D eigenvalue weighted by molar-refractivity contribution is -0.204. The molecule has 0 bridgehead atoms. The molecule has 2 heterocycles. The molecule has 0 spiro atoms. The third kappa shape index (κ3) is 3.48. The van der Waals surface area contributed by atoms with Gasteiger partial charge >= 0.3 is 12.1 Å². The van der Waals surface area contributed by atoms with Gasteiger partial charge in [-0.2, -0.15) is 18.7 Å². The highest BCUT2D eigenvalue weighted by Crippen LogP contribution is 2.26. The number of fused-ring (bicyclic) bond motifs is 1. The lowest BCUT2D eigenvalue weighted by Gasteiger charge is -2.07. The summed E-state index contributed by atoms with van der Waals surface area (Å²) >= 11 is 0. The van der Waals surface area contributed by atoms with Crippen molar-refractivity contribution in [2.45, 2.75) is 13.1 Å². The van der Waals surface area contributed by atoms with Crippen molar-refractivity contribution in [3.8, 4) is 11.5 Å². The van der Waals surface area contributed by atoms with Crippen molar-refractivity contribution in [2.24, 2.45) is 0 Å². The van der Waals surface area contributed by atoms with Gasteiger partial charge in [-0.05, 0) is 37.3 Å². The molecule has 10 heteroatoms. The summed E-state index contributed by atoms with van der Waals surface area (Å²) in [6.45, 7) is 1.78. The highest BCUT2D eigenvalue weighted by atomic mass is 19.4. The van der Waals surface area contributed by atoms with Gasteiger partial charge in [-0.3, -0.25) is 9.78 Å². The van der Waals surface area contributed by atoms with Gasteiger partial charge in [0.25, 0.3) is 5.91 Å². The number of benzene rings is 1. The lowest BCUT2D eigenvalue weighted by Crippen LogP contribution is -2.34. The zero-order valence-corrected chi connectivity index (χ0v) is 13.1. The molecule has 0 saturated heterocycles. The lowest BCUT2D eigenvalue weighted by atomic mass is 10.2. The minimum absolute atomic E-state index is 0.0600.